The third-order valence-electron chi connectivity index (χ3n) is 5.09. The van der Waals surface area contributed by atoms with E-state index in [4.69, 9.17) is 0 Å². The highest BCUT2D eigenvalue weighted by atomic mass is 79.9. The van der Waals surface area contributed by atoms with Crippen LogP contribution in [0.1, 0.15) is 33.1 Å². The van der Waals surface area contributed by atoms with Crippen molar-refractivity contribution in [2.75, 3.05) is 19.6 Å². The number of likely N-dealkylation sites (tertiary alicyclic amines) is 1. The first-order valence-corrected chi connectivity index (χ1v) is 11.1. The zero-order chi connectivity index (χ0) is 18.2. The predicted molar refractivity (Wildman–Crippen MR) is 101 cm³/mol. The van der Waals surface area contributed by atoms with Crippen LogP contribution in [0.25, 0.3) is 0 Å². The zero-order valence-electron chi connectivity index (χ0n) is 14.7. The molecule has 0 unspecified atom stereocenters. The fourth-order valence-corrected chi connectivity index (χ4v) is 5.99. The Kier molecular flexibility index (Phi) is 5.56. The van der Waals surface area contributed by atoms with Crippen molar-refractivity contribution in [1.29, 1.82) is 0 Å². The molecule has 3 rings (SSSR count). The Morgan fingerprint density at radius 1 is 1.12 bits per heavy atom. The van der Waals surface area contributed by atoms with Gasteiger partial charge in [0, 0.05) is 24.1 Å². The maximum absolute atomic E-state index is 13.0. The summed E-state index contributed by atoms with van der Waals surface area (Å²) in [5.74, 6) is 0.896. The lowest BCUT2D eigenvalue weighted by molar-refractivity contribution is -0.137. The second kappa shape index (κ2) is 7.37. The van der Waals surface area contributed by atoms with Gasteiger partial charge in [0.05, 0.1) is 4.90 Å². The van der Waals surface area contributed by atoms with Crippen molar-refractivity contribution >= 4 is 31.9 Å². The van der Waals surface area contributed by atoms with Crippen LogP contribution in [0.15, 0.2) is 33.6 Å². The molecule has 0 bridgehead atoms. The number of halogens is 1. The average Bonchev–Trinajstić information content (AvgIpc) is 3.04. The van der Waals surface area contributed by atoms with E-state index >= 15 is 0 Å². The third-order valence-corrected chi connectivity index (χ3v) is 7.54. The maximum Gasteiger partial charge on any atom is 0.243 e. The molecule has 2 heterocycles. The topological polar surface area (TPSA) is 57.7 Å². The van der Waals surface area contributed by atoms with Crippen molar-refractivity contribution in [3.05, 3.63) is 28.7 Å². The first-order chi connectivity index (χ1) is 11.8. The SMILES string of the molecule is C[C@@H]1C[C@@H](C)CN(C(=O)[C@@H]2CCCN2S(=O)(=O)c2ccc(Br)cc2)C1. The Morgan fingerprint density at radius 2 is 1.72 bits per heavy atom. The minimum Gasteiger partial charge on any atom is -0.341 e. The number of piperidine rings is 1. The van der Waals surface area contributed by atoms with Gasteiger partial charge in [-0.05, 0) is 55.4 Å². The van der Waals surface area contributed by atoms with Gasteiger partial charge < -0.3 is 4.90 Å². The van der Waals surface area contributed by atoms with E-state index in [2.05, 4.69) is 29.8 Å². The van der Waals surface area contributed by atoms with E-state index in [-0.39, 0.29) is 10.8 Å². The lowest BCUT2D eigenvalue weighted by Crippen LogP contribution is -2.51. The largest absolute Gasteiger partial charge is 0.341 e. The van der Waals surface area contributed by atoms with Crippen LogP contribution in [-0.4, -0.2) is 49.2 Å². The van der Waals surface area contributed by atoms with Gasteiger partial charge in [-0.3, -0.25) is 4.79 Å². The smallest absolute Gasteiger partial charge is 0.243 e. The summed E-state index contributed by atoms with van der Waals surface area (Å²) in [6, 6.07) is 6.04. The molecule has 0 aromatic heterocycles. The highest BCUT2D eigenvalue weighted by Gasteiger charge is 2.42. The van der Waals surface area contributed by atoms with E-state index in [1.165, 1.54) is 4.31 Å². The highest BCUT2D eigenvalue weighted by Crippen LogP contribution is 2.30. The molecule has 2 aliphatic heterocycles. The van der Waals surface area contributed by atoms with Gasteiger partial charge in [0.25, 0.3) is 0 Å². The molecule has 25 heavy (non-hydrogen) atoms. The molecule has 2 saturated heterocycles. The number of carbonyl (C=O) groups is 1. The van der Waals surface area contributed by atoms with Crippen LogP contribution in [0.3, 0.4) is 0 Å². The molecule has 0 spiro atoms. The van der Waals surface area contributed by atoms with E-state index < -0.39 is 16.1 Å². The Bertz CT molecular complexity index is 725. The number of amides is 1. The number of nitrogens with zero attached hydrogens (tertiary/aromatic N) is 2. The standard InChI is InChI=1S/C18H25BrN2O3S/c1-13-10-14(2)12-20(11-13)18(22)17-4-3-9-21(17)25(23,24)16-7-5-15(19)6-8-16/h5-8,13-14,17H,3-4,9-12H2,1-2H3/t13-,14-,17+/m1/s1. The first kappa shape index (κ1) is 18.9. The van der Waals surface area contributed by atoms with E-state index in [9.17, 15) is 13.2 Å². The fourth-order valence-electron chi connectivity index (χ4n) is 4.07. The van der Waals surface area contributed by atoms with Gasteiger partial charge in [-0.25, -0.2) is 8.42 Å². The van der Waals surface area contributed by atoms with Gasteiger partial charge in [0.2, 0.25) is 15.9 Å². The Hall–Kier alpha value is -0.920. The lowest BCUT2D eigenvalue weighted by Gasteiger charge is -2.37. The van der Waals surface area contributed by atoms with Crippen LogP contribution in [0, 0.1) is 11.8 Å². The van der Waals surface area contributed by atoms with Crippen molar-refractivity contribution in [3.8, 4) is 0 Å². The van der Waals surface area contributed by atoms with E-state index in [0.717, 1.165) is 30.4 Å². The van der Waals surface area contributed by atoms with Crippen LogP contribution >= 0.6 is 15.9 Å². The Balaban J connectivity index is 1.82. The van der Waals surface area contributed by atoms with Gasteiger partial charge in [-0.15, -0.1) is 0 Å². The summed E-state index contributed by atoms with van der Waals surface area (Å²) in [4.78, 5) is 15.2. The monoisotopic (exact) mass is 428 g/mol. The molecular formula is C18H25BrN2O3S. The van der Waals surface area contributed by atoms with E-state index in [1.807, 2.05) is 4.90 Å². The summed E-state index contributed by atoms with van der Waals surface area (Å²) in [6.45, 7) is 6.17. The number of benzene rings is 1. The second-order valence-electron chi connectivity index (χ2n) is 7.42. The molecule has 1 amide bonds. The minimum absolute atomic E-state index is 0.0309. The van der Waals surface area contributed by atoms with Crippen LogP contribution in [0.5, 0.6) is 0 Å². The molecule has 0 saturated carbocycles. The molecule has 0 aliphatic carbocycles. The molecule has 0 radical (unpaired) electrons. The van der Waals surface area contributed by atoms with Crippen LogP contribution in [-0.2, 0) is 14.8 Å². The van der Waals surface area contributed by atoms with Crippen molar-refractivity contribution in [1.82, 2.24) is 9.21 Å². The number of hydrogen-bond donors (Lipinski definition) is 0. The minimum atomic E-state index is -3.65. The summed E-state index contributed by atoms with van der Waals surface area (Å²) < 4.78 is 28.3. The summed E-state index contributed by atoms with van der Waals surface area (Å²) >= 11 is 3.32. The number of sulfonamides is 1. The first-order valence-electron chi connectivity index (χ1n) is 8.85. The molecule has 2 fully saturated rings. The average molecular weight is 429 g/mol. The number of hydrogen-bond acceptors (Lipinski definition) is 3. The Labute approximate surface area is 158 Å². The van der Waals surface area contributed by atoms with Gasteiger partial charge in [-0.2, -0.15) is 4.31 Å². The second-order valence-corrected chi connectivity index (χ2v) is 10.2. The molecule has 7 heteroatoms. The van der Waals surface area contributed by atoms with Crippen molar-refractivity contribution in [3.63, 3.8) is 0 Å². The lowest BCUT2D eigenvalue weighted by atomic mass is 9.91. The van der Waals surface area contributed by atoms with Crippen LogP contribution < -0.4 is 0 Å². The molecule has 2 aliphatic rings. The van der Waals surface area contributed by atoms with Gasteiger partial charge in [0.15, 0.2) is 0 Å². The Morgan fingerprint density at radius 3 is 2.32 bits per heavy atom. The van der Waals surface area contributed by atoms with Gasteiger partial charge >= 0.3 is 0 Å². The fraction of sp³-hybridized carbons (Fsp3) is 0.611. The zero-order valence-corrected chi connectivity index (χ0v) is 17.1. The van der Waals surface area contributed by atoms with Crippen LogP contribution in [0.2, 0.25) is 0 Å². The van der Waals surface area contributed by atoms with Gasteiger partial charge in [0.1, 0.15) is 6.04 Å². The summed E-state index contributed by atoms with van der Waals surface area (Å²) in [7, 11) is -3.65. The van der Waals surface area contributed by atoms with E-state index in [1.54, 1.807) is 24.3 Å². The molecule has 0 N–H and O–H groups in total. The van der Waals surface area contributed by atoms with E-state index in [0.29, 0.717) is 24.8 Å². The number of rotatable bonds is 3. The van der Waals surface area contributed by atoms with Crippen molar-refractivity contribution in [2.24, 2.45) is 11.8 Å². The maximum atomic E-state index is 13.0. The number of carbonyl (C=O) groups excluding carboxylic acids is 1. The quantitative estimate of drug-likeness (QED) is 0.742. The third kappa shape index (κ3) is 3.93. The molecular weight excluding hydrogens is 404 g/mol. The molecule has 1 aromatic rings. The summed E-state index contributed by atoms with van der Waals surface area (Å²) in [6.07, 6.45) is 2.45. The normalized spacial score (nSPS) is 28.3. The summed E-state index contributed by atoms with van der Waals surface area (Å²) in [5.41, 5.74) is 0. The van der Waals surface area contributed by atoms with Gasteiger partial charge in [-0.1, -0.05) is 29.8 Å². The highest BCUT2D eigenvalue weighted by molar-refractivity contribution is 9.10. The molecule has 1 aromatic carbocycles. The molecule has 3 atom stereocenters. The molecule has 138 valence electrons. The molecule has 5 nitrogen and oxygen atoms in total. The van der Waals surface area contributed by atoms with Crippen molar-refractivity contribution in [2.45, 2.75) is 44.0 Å². The van der Waals surface area contributed by atoms with Crippen molar-refractivity contribution < 1.29 is 13.2 Å². The van der Waals surface area contributed by atoms with Crippen LogP contribution in [0.4, 0.5) is 0 Å². The predicted octanol–water partition coefficient (Wildman–Crippen LogP) is 3.11. The summed E-state index contributed by atoms with van der Waals surface area (Å²) in [5, 5.41) is 0.